The normalized spacial score (nSPS) is 18.0. The molecule has 1 aliphatic heterocycles. The molecule has 1 atom stereocenters. The SMILES string of the molecule is Cc1ncsc1C(CN)N1CCC(OCc2ccccc2F)CC1. The van der Waals surface area contributed by atoms with Crippen molar-refractivity contribution in [3.8, 4) is 0 Å². The van der Waals surface area contributed by atoms with E-state index in [1.165, 1.54) is 10.9 Å². The Labute approximate surface area is 146 Å². The Kier molecular flexibility index (Phi) is 5.94. The summed E-state index contributed by atoms with van der Waals surface area (Å²) in [6.07, 6.45) is 2.08. The van der Waals surface area contributed by atoms with Gasteiger partial charge in [0.25, 0.3) is 0 Å². The van der Waals surface area contributed by atoms with Crippen LogP contribution in [-0.2, 0) is 11.3 Å². The summed E-state index contributed by atoms with van der Waals surface area (Å²) in [5.41, 5.74) is 9.60. The molecule has 0 radical (unpaired) electrons. The highest BCUT2D eigenvalue weighted by atomic mass is 32.1. The Morgan fingerprint density at radius 2 is 2.12 bits per heavy atom. The fourth-order valence-corrected chi connectivity index (χ4v) is 4.18. The average molecular weight is 349 g/mol. The topological polar surface area (TPSA) is 51.4 Å². The summed E-state index contributed by atoms with van der Waals surface area (Å²) < 4.78 is 19.6. The maximum atomic E-state index is 13.6. The van der Waals surface area contributed by atoms with Crippen molar-refractivity contribution in [3.05, 3.63) is 51.7 Å². The molecule has 1 fully saturated rings. The van der Waals surface area contributed by atoms with Gasteiger partial charge in [-0.1, -0.05) is 18.2 Å². The monoisotopic (exact) mass is 349 g/mol. The molecule has 0 aliphatic carbocycles. The van der Waals surface area contributed by atoms with Crippen molar-refractivity contribution in [1.29, 1.82) is 0 Å². The molecule has 4 nitrogen and oxygen atoms in total. The number of thiazole rings is 1. The van der Waals surface area contributed by atoms with Gasteiger partial charge in [-0.15, -0.1) is 11.3 Å². The standard InChI is InChI=1S/C18H24FN3OS/c1-13-18(24-12-21-13)17(10-20)22-8-6-15(7-9-22)23-11-14-4-2-3-5-16(14)19/h2-5,12,15,17H,6-11,20H2,1H3. The molecule has 0 spiro atoms. The lowest BCUT2D eigenvalue weighted by atomic mass is 10.0. The third-order valence-electron chi connectivity index (χ3n) is 4.66. The molecular weight excluding hydrogens is 325 g/mol. The average Bonchev–Trinajstić information content (AvgIpc) is 3.02. The van der Waals surface area contributed by atoms with Crippen molar-refractivity contribution in [3.63, 3.8) is 0 Å². The highest BCUT2D eigenvalue weighted by Gasteiger charge is 2.27. The van der Waals surface area contributed by atoms with Crippen molar-refractivity contribution < 1.29 is 9.13 Å². The fraction of sp³-hybridized carbons (Fsp3) is 0.500. The van der Waals surface area contributed by atoms with Crippen LogP contribution in [-0.4, -0.2) is 35.6 Å². The van der Waals surface area contributed by atoms with Crippen LogP contribution in [0.2, 0.25) is 0 Å². The van der Waals surface area contributed by atoms with Crippen LogP contribution in [0.15, 0.2) is 29.8 Å². The predicted molar refractivity (Wildman–Crippen MR) is 94.4 cm³/mol. The summed E-state index contributed by atoms with van der Waals surface area (Å²) in [6.45, 7) is 4.87. The molecule has 3 rings (SSSR count). The number of benzene rings is 1. The van der Waals surface area contributed by atoms with Crippen LogP contribution in [0.25, 0.3) is 0 Å². The largest absolute Gasteiger partial charge is 0.373 e. The summed E-state index contributed by atoms with van der Waals surface area (Å²) in [6, 6.07) is 7.04. The second-order valence-electron chi connectivity index (χ2n) is 6.19. The zero-order chi connectivity index (χ0) is 16.9. The highest BCUT2D eigenvalue weighted by molar-refractivity contribution is 7.09. The maximum absolute atomic E-state index is 13.6. The molecule has 0 saturated carbocycles. The van der Waals surface area contributed by atoms with E-state index in [1.54, 1.807) is 23.5 Å². The van der Waals surface area contributed by atoms with E-state index in [4.69, 9.17) is 10.5 Å². The minimum Gasteiger partial charge on any atom is -0.373 e. The van der Waals surface area contributed by atoms with E-state index in [2.05, 4.69) is 9.88 Å². The molecule has 1 saturated heterocycles. The fourth-order valence-electron chi connectivity index (χ4n) is 3.23. The quantitative estimate of drug-likeness (QED) is 0.870. The number of nitrogens with two attached hydrogens (primary N) is 1. The number of rotatable bonds is 6. The number of piperidine rings is 1. The number of aromatic nitrogens is 1. The van der Waals surface area contributed by atoms with Crippen LogP contribution in [0.5, 0.6) is 0 Å². The Balaban J connectivity index is 1.52. The molecule has 0 bridgehead atoms. The van der Waals surface area contributed by atoms with Crippen molar-refractivity contribution in [2.75, 3.05) is 19.6 Å². The molecule has 24 heavy (non-hydrogen) atoms. The van der Waals surface area contributed by atoms with Gasteiger partial charge in [-0.05, 0) is 25.8 Å². The van der Waals surface area contributed by atoms with E-state index < -0.39 is 0 Å². The zero-order valence-corrected chi connectivity index (χ0v) is 14.8. The first kappa shape index (κ1) is 17.5. The van der Waals surface area contributed by atoms with Gasteiger partial charge in [-0.2, -0.15) is 0 Å². The van der Waals surface area contributed by atoms with Crippen molar-refractivity contribution in [1.82, 2.24) is 9.88 Å². The van der Waals surface area contributed by atoms with Crippen LogP contribution in [0.1, 0.15) is 35.0 Å². The van der Waals surface area contributed by atoms with Gasteiger partial charge in [0.2, 0.25) is 0 Å². The number of hydrogen-bond acceptors (Lipinski definition) is 5. The molecule has 0 amide bonds. The lowest BCUT2D eigenvalue weighted by Gasteiger charge is -2.36. The summed E-state index contributed by atoms with van der Waals surface area (Å²) in [7, 11) is 0. The molecule has 2 heterocycles. The van der Waals surface area contributed by atoms with E-state index in [1.807, 2.05) is 18.5 Å². The molecule has 1 unspecified atom stereocenters. The number of hydrogen-bond donors (Lipinski definition) is 1. The van der Waals surface area contributed by atoms with E-state index in [9.17, 15) is 4.39 Å². The first-order valence-corrected chi connectivity index (χ1v) is 9.26. The second-order valence-corrected chi connectivity index (χ2v) is 7.08. The minimum absolute atomic E-state index is 0.182. The summed E-state index contributed by atoms with van der Waals surface area (Å²) in [5, 5.41) is 0. The zero-order valence-electron chi connectivity index (χ0n) is 14.0. The van der Waals surface area contributed by atoms with Crippen LogP contribution < -0.4 is 5.73 Å². The van der Waals surface area contributed by atoms with Gasteiger partial charge in [0.15, 0.2) is 0 Å². The van der Waals surface area contributed by atoms with Crippen molar-refractivity contribution in [2.45, 2.75) is 38.5 Å². The first-order chi connectivity index (χ1) is 11.7. The minimum atomic E-state index is -0.196. The Morgan fingerprint density at radius 3 is 2.75 bits per heavy atom. The van der Waals surface area contributed by atoms with Crippen LogP contribution in [0.4, 0.5) is 4.39 Å². The smallest absolute Gasteiger partial charge is 0.128 e. The van der Waals surface area contributed by atoms with Crippen LogP contribution >= 0.6 is 11.3 Å². The number of halogens is 1. The number of likely N-dealkylation sites (tertiary alicyclic amines) is 1. The molecule has 1 aromatic heterocycles. The van der Waals surface area contributed by atoms with Crippen LogP contribution in [0, 0.1) is 12.7 Å². The predicted octanol–water partition coefficient (Wildman–Crippen LogP) is 3.27. The summed E-state index contributed by atoms with van der Waals surface area (Å²) in [4.78, 5) is 8.03. The lowest BCUT2D eigenvalue weighted by molar-refractivity contribution is -0.0113. The van der Waals surface area contributed by atoms with Gasteiger partial charge < -0.3 is 10.5 Å². The Morgan fingerprint density at radius 1 is 1.38 bits per heavy atom. The Hall–Kier alpha value is -1.34. The first-order valence-electron chi connectivity index (χ1n) is 8.38. The van der Waals surface area contributed by atoms with E-state index in [-0.39, 0.29) is 18.0 Å². The summed E-state index contributed by atoms with van der Waals surface area (Å²) in [5.74, 6) is -0.196. The van der Waals surface area contributed by atoms with E-state index in [0.29, 0.717) is 18.7 Å². The van der Waals surface area contributed by atoms with Crippen LogP contribution in [0.3, 0.4) is 0 Å². The number of nitrogens with zero attached hydrogens (tertiary/aromatic N) is 2. The maximum Gasteiger partial charge on any atom is 0.128 e. The summed E-state index contributed by atoms with van der Waals surface area (Å²) >= 11 is 1.68. The second kappa shape index (κ2) is 8.16. The Bertz CT molecular complexity index is 655. The lowest BCUT2D eigenvalue weighted by Crippen LogP contribution is -2.41. The van der Waals surface area contributed by atoms with Crippen molar-refractivity contribution >= 4 is 11.3 Å². The van der Waals surface area contributed by atoms with E-state index >= 15 is 0 Å². The van der Waals surface area contributed by atoms with Gasteiger partial charge in [-0.3, -0.25) is 4.90 Å². The van der Waals surface area contributed by atoms with Gasteiger partial charge in [0.1, 0.15) is 5.82 Å². The molecule has 130 valence electrons. The molecule has 6 heteroatoms. The highest BCUT2D eigenvalue weighted by Crippen LogP contribution is 2.29. The van der Waals surface area contributed by atoms with Crippen molar-refractivity contribution in [2.24, 2.45) is 5.73 Å². The molecule has 1 aromatic carbocycles. The number of ether oxygens (including phenoxy) is 1. The van der Waals surface area contributed by atoms with Gasteiger partial charge in [-0.25, -0.2) is 9.37 Å². The van der Waals surface area contributed by atoms with E-state index in [0.717, 1.165) is 31.6 Å². The van der Waals surface area contributed by atoms with Gasteiger partial charge >= 0.3 is 0 Å². The third-order valence-corrected chi connectivity index (χ3v) is 5.69. The third kappa shape index (κ3) is 4.00. The van der Waals surface area contributed by atoms with Gasteiger partial charge in [0, 0.05) is 30.1 Å². The molecule has 2 aromatic rings. The molecular formula is C18H24FN3OS. The van der Waals surface area contributed by atoms with Gasteiger partial charge in [0.05, 0.1) is 30.0 Å². The number of aryl methyl sites for hydroxylation is 1. The molecule has 1 aliphatic rings. The molecule has 2 N–H and O–H groups in total.